The predicted octanol–water partition coefficient (Wildman–Crippen LogP) is 3.17. The second-order valence-corrected chi connectivity index (χ2v) is 11.7. The van der Waals surface area contributed by atoms with Crippen molar-refractivity contribution in [2.24, 2.45) is 0 Å². The summed E-state index contributed by atoms with van der Waals surface area (Å²) in [6.45, 7) is 6.80. The lowest BCUT2D eigenvalue weighted by Gasteiger charge is -2.34. The van der Waals surface area contributed by atoms with Crippen molar-refractivity contribution >= 4 is 56.9 Å². The third-order valence-corrected chi connectivity index (χ3v) is 8.75. The number of ether oxygens (including phenoxy) is 3. The van der Waals surface area contributed by atoms with Crippen molar-refractivity contribution in [3.63, 3.8) is 0 Å². The Balaban J connectivity index is 1.26. The molecular formula is C25H26ClN7O5S2. The van der Waals surface area contributed by atoms with E-state index in [1.807, 2.05) is 13.0 Å². The minimum Gasteiger partial charge on any atom is -0.481 e. The third kappa shape index (κ3) is 5.11. The standard InChI is InChI=1S/C25H26ClN7O5S2/c1-3-37-24(35)23-27-12-17(40-23)21-20-15(28-25-33(20)30-14(2)39-25)6-7-32(21)19(34)13-38-16-4-5-18(29-22(16)26)31-8-10-36-11-9-31/h4-5,12,21H,3,6-11,13H2,1-2H3. The molecule has 210 valence electrons. The number of carbonyl (C=O) groups is 2. The zero-order valence-electron chi connectivity index (χ0n) is 21.8. The van der Waals surface area contributed by atoms with Gasteiger partial charge in [0.2, 0.25) is 9.97 Å². The van der Waals surface area contributed by atoms with Gasteiger partial charge in [-0.25, -0.2) is 24.3 Å². The maximum absolute atomic E-state index is 13.7. The van der Waals surface area contributed by atoms with Gasteiger partial charge in [0.1, 0.15) is 16.9 Å². The number of thiazole rings is 1. The van der Waals surface area contributed by atoms with Gasteiger partial charge in [0.05, 0.1) is 36.1 Å². The van der Waals surface area contributed by atoms with Gasteiger partial charge in [-0.15, -0.1) is 11.3 Å². The first-order chi connectivity index (χ1) is 19.4. The average molecular weight is 604 g/mol. The highest BCUT2D eigenvalue weighted by Gasteiger charge is 2.38. The van der Waals surface area contributed by atoms with E-state index in [4.69, 9.17) is 30.8 Å². The molecule has 4 aromatic rings. The number of morpholine rings is 1. The van der Waals surface area contributed by atoms with E-state index in [0.717, 1.165) is 40.3 Å². The molecule has 0 aliphatic carbocycles. The monoisotopic (exact) mass is 603 g/mol. The first-order valence-corrected chi connectivity index (χ1v) is 14.8. The van der Waals surface area contributed by atoms with E-state index in [1.165, 1.54) is 22.7 Å². The smallest absolute Gasteiger partial charge is 0.367 e. The largest absolute Gasteiger partial charge is 0.481 e. The second-order valence-electron chi connectivity index (χ2n) is 9.13. The number of imidazole rings is 1. The Kier molecular flexibility index (Phi) is 7.57. The number of aromatic nitrogens is 5. The summed E-state index contributed by atoms with van der Waals surface area (Å²) in [4.78, 5) is 44.8. The van der Waals surface area contributed by atoms with Crippen molar-refractivity contribution in [2.45, 2.75) is 26.3 Å². The van der Waals surface area contributed by atoms with Crippen LogP contribution in [0.4, 0.5) is 5.82 Å². The Morgan fingerprint density at radius 3 is 2.77 bits per heavy atom. The number of amides is 1. The Bertz CT molecular complexity index is 1560. The van der Waals surface area contributed by atoms with Crippen LogP contribution in [0.5, 0.6) is 5.75 Å². The maximum atomic E-state index is 13.7. The summed E-state index contributed by atoms with van der Waals surface area (Å²) in [6.07, 6.45) is 2.17. The number of carbonyl (C=O) groups excluding carboxylic acids is 2. The molecule has 1 amide bonds. The molecule has 4 aromatic heterocycles. The van der Waals surface area contributed by atoms with Crippen LogP contribution in [0, 0.1) is 6.92 Å². The molecule has 0 aromatic carbocycles. The molecule has 1 atom stereocenters. The minimum absolute atomic E-state index is 0.186. The highest BCUT2D eigenvalue weighted by molar-refractivity contribution is 7.16. The Hall–Kier alpha value is -3.33. The number of hydrogen-bond acceptors (Lipinski definition) is 12. The van der Waals surface area contributed by atoms with Gasteiger partial charge in [-0.1, -0.05) is 22.9 Å². The molecule has 0 N–H and O–H groups in total. The number of hydrogen-bond donors (Lipinski definition) is 0. The van der Waals surface area contributed by atoms with Gasteiger partial charge in [0, 0.05) is 32.3 Å². The van der Waals surface area contributed by atoms with E-state index < -0.39 is 12.0 Å². The van der Waals surface area contributed by atoms with E-state index in [-0.39, 0.29) is 29.3 Å². The fraction of sp³-hybridized carbons (Fsp3) is 0.440. The van der Waals surface area contributed by atoms with Crippen LogP contribution in [-0.2, 0) is 20.7 Å². The van der Waals surface area contributed by atoms with Crippen molar-refractivity contribution in [1.29, 1.82) is 0 Å². The van der Waals surface area contributed by atoms with Crippen LogP contribution < -0.4 is 9.64 Å². The van der Waals surface area contributed by atoms with Crippen LogP contribution in [-0.4, -0.2) is 87.4 Å². The van der Waals surface area contributed by atoms with Crippen molar-refractivity contribution in [3.8, 4) is 5.75 Å². The molecule has 6 heterocycles. The van der Waals surface area contributed by atoms with E-state index in [2.05, 4.69) is 20.0 Å². The molecule has 1 saturated heterocycles. The summed E-state index contributed by atoms with van der Waals surface area (Å²) in [5.74, 6) is 0.311. The number of halogens is 1. The van der Waals surface area contributed by atoms with E-state index in [1.54, 1.807) is 28.6 Å². The third-order valence-electron chi connectivity index (χ3n) is 6.63. The van der Waals surface area contributed by atoms with E-state index in [0.29, 0.717) is 36.8 Å². The van der Waals surface area contributed by atoms with E-state index >= 15 is 0 Å². The number of rotatable bonds is 7. The summed E-state index contributed by atoms with van der Waals surface area (Å²) in [5, 5.41) is 5.90. The number of esters is 1. The van der Waals surface area contributed by atoms with Crippen molar-refractivity contribution < 1.29 is 23.8 Å². The van der Waals surface area contributed by atoms with Crippen LogP contribution in [0.1, 0.15) is 44.0 Å². The molecule has 6 rings (SSSR count). The Morgan fingerprint density at radius 1 is 1.18 bits per heavy atom. The SMILES string of the molecule is CCOC(=O)c1ncc(C2c3c(nc4sc(C)nn34)CCN2C(=O)COc2ccc(N3CCOCC3)nc2Cl)s1. The molecular weight excluding hydrogens is 578 g/mol. The Morgan fingerprint density at radius 2 is 2.00 bits per heavy atom. The number of nitrogens with zero attached hydrogens (tertiary/aromatic N) is 7. The van der Waals surface area contributed by atoms with E-state index in [9.17, 15) is 9.59 Å². The first kappa shape index (κ1) is 26.9. The normalized spacial score (nSPS) is 17.2. The van der Waals surface area contributed by atoms with Gasteiger partial charge in [-0.3, -0.25) is 4.79 Å². The number of anilines is 1. The summed E-state index contributed by atoms with van der Waals surface area (Å²) < 4.78 is 18.2. The lowest BCUT2D eigenvalue weighted by Crippen LogP contribution is -2.43. The molecule has 1 fully saturated rings. The molecule has 1 unspecified atom stereocenters. The van der Waals surface area contributed by atoms with Gasteiger partial charge >= 0.3 is 5.97 Å². The lowest BCUT2D eigenvalue weighted by molar-refractivity contribution is -0.135. The van der Waals surface area contributed by atoms with Crippen molar-refractivity contribution in [1.82, 2.24) is 29.5 Å². The van der Waals surface area contributed by atoms with Gasteiger partial charge in [0.25, 0.3) is 5.91 Å². The number of aryl methyl sites for hydroxylation is 1. The predicted molar refractivity (Wildman–Crippen MR) is 149 cm³/mol. The van der Waals surface area contributed by atoms with Crippen LogP contribution in [0.3, 0.4) is 0 Å². The molecule has 2 aliphatic heterocycles. The summed E-state index contributed by atoms with van der Waals surface area (Å²) in [5.41, 5.74) is 1.65. The van der Waals surface area contributed by atoms with Crippen LogP contribution in [0.15, 0.2) is 18.3 Å². The van der Waals surface area contributed by atoms with Crippen LogP contribution >= 0.6 is 34.3 Å². The van der Waals surface area contributed by atoms with Gasteiger partial charge < -0.3 is 24.0 Å². The fourth-order valence-electron chi connectivity index (χ4n) is 4.83. The average Bonchev–Trinajstić information content (AvgIpc) is 3.67. The zero-order valence-corrected chi connectivity index (χ0v) is 24.2. The van der Waals surface area contributed by atoms with Gasteiger partial charge in [-0.2, -0.15) is 5.10 Å². The van der Waals surface area contributed by atoms with Gasteiger partial charge in [-0.05, 0) is 26.0 Å². The molecule has 0 bridgehead atoms. The molecule has 0 spiro atoms. The maximum Gasteiger partial charge on any atom is 0.367 e. The highest BCUT2D eigenvalue weighted by atomic mass is 35.5. The second kappa shape index (κ2) is 11.3. The van der Waals surface area contributed by atoms with Crippen LogP contribution in [0.2, 0.25) is 5.15 Å². The quantitative estimate of drug-likeness (QED) is 0.230. The van der Waals surface area contributed by atoms with Crippen LogP contribution in [0.25, 0.3) is 4.96 Å². The molecule has 0 radical (unpaired) electrons. The molecule has 40 heavy (non-hydrogen) atoms. The molecule has 2 aliphatic rings. The fourth-order valence-corrected chi connectivity index (χ4v) is 6.73. The Labute approximate surface area is 242 Å². The topological polar surface area (TPSA) is 124 Å². The summed E-state index contributed by atoms with van der Waals surface area (Å²) >= 11 is 9.11. The lowest BCUT2D eigenvalue weighted by atomic mass is 10.0. The number of fused-ring (bicyclic) bond motifs is 3. The van der Waals surface area contributed by atoms with Gasteiger partial charge in [0.15, 0.2) is 17.5 Å². The summed E-state index contributed by atoms with van der Waals surface area (Å²) in [7, 11) is 0. The molecule has 12 nitrogen and oxygen atoms in total. The van der Waals surface area contributed by atoms with Crippen molar-refractivity contribution in [3.05, 3.63) is 49.8 Å². The highest BCUT2D eigenvalue weighted by Crippen LogP contribution is 2.39. The molecule has 0 saturated carbocycles. The summed E-state index contributed by atoms with van der Waals surface area (Å²) in [6, 6.07) is 3.01. The number of pyridine rings is 1. The minimum atomic E-state index is -0.547. The van der Waals surface area contributed by atoms with Crippen molar-refractivity contribution in [2.75, 3.05) is 51.0 Å². The first-order valence-electron chi connectivity index (χ1n) is 12.8. The molecule has 15 heteroatoms. The zero-order chi connectivity index (χ0) is 27.8.